The quantitative estimate of drug-likeness (QED) is 0.669. The van der Waals surface area contributed by atoms with Crippen LogP contribution in [0.1, 0.15) is 24.5 Å². The molecule has 2 saturated heterocycles. The van der Waals surface area contributed by atoms with Crippen LogP contribution in [0.4, 0.5) is 23.7 Å². The molecule has 2 aromatic rings. The van der Waals surface area contributed by atoms with Crippen LogP contribution >= 0.6 is 0 Å². The average molecular weight is 489 g/mol. The molecule has 0 radical (unpaired) electrons. The second kappa shape index (κ2) is 9.16. The standard InChI is InChI=1S/C25H26F3N3O4/c26-25(27,28)21-6-2-1-5-19(21)22-10-15-7-8-16(11-20(15)23(33)29-22)31-13-18(35-24(31)34)12-30-9-3-4-17(30)14-32/h1-2,5-8,10-11,17-19,21,32H,3-4,9,12-14H2,(H,29,33)/t17-,18-,19?,21?/m0/s1. The summed E-state index contributed by atoms with van der Waals surface area (Å²) in [6, 6.07) is 6.49. The van der Waals surface area contributed by atoms with Gasteiger partial charge in [0.1, 0.15) is 6.10 Å². The number of alkyl halides is 3. The average Bonchev–Trinajstić information content (AvgIpc) is 3.44. The second-order valence-corrected chi connectivity index (χ2v) is 9.28. The van der Waals surface area contributed by atoms with Crippen LogP contribution in [0, 0.1) is 5.92 Å². The highest BCUT2D eigenvalue weighted by atomic mass is 19.4. The first-order valence-corrected chi connectivity index (χ1v) is 11.7. The fourth-order valence-corrected chi connectivity index (χ4v) is 5.26. The maximum atomic E-state index is 13.5. The van der Waals surface area contributed by atoms with Crippen molar-refractivity contribution in [3.8, 4) is 0 Å². The summed E-state index contributed by atoms with van der Waals surface area (Å²) < 4.78 is 46.1. The van der Waals surface area contributed by atoms with Crippen LogP contribution in [-0.4, -0.2) is 65.6 Å². The Morgan fingerprint density at radius 1 is 1.14 bits per heavy atom. The van der Waals surface area contributed by atoms with Crippen molar-refractivity contribution in [2.45, 2.75) is 37.1 Å². The van der Waals surface area contributed by atoms with Gasteiger partial charge in [0, 0.05) is 35.3 Å². The number of H-pyrrole nitrogens is 1. The van der Waals surface area contributed by atoms with E-state index in [1.54, 1.807) is 30.3 Å². The molecule has 1 aliphatic carbocycles. The van der Waals surface area contributed by atoms with Gasteiger partial charge in [-0.15, -0.1) is 0 Å². The van der Waals surface area contributed by atoms with Crippen LogP contribution in [-0.2, 0) is 4.74 Å². The zero-order chi connectivity index (χ0) is 24.7. The fraction of sp³-hybridized carbons (Fsp3) is 0.440. The summed E-state index contributed by atoms with van der Waals surface area (Å²) in [7, 11) is 0. The number of rotatable bonds is 5. The number of ether oxygens (including phenoxy) is 1. The Morgan fingerprint density at radius 2 is 1.94 bits per heavy atom. The SMILES string of the molecule is O=C1O[C@@H](CN2CCC[C@H]2CO)CN1c1ccc2cc(C3C=CC=CC3C(F)(F)F)[nH]c(=O)c2c1. The summed E-state index contributed by atoms with van der Waals surface area (Å²) in [6.07, 6.45) is 2.00. The molecule has 7 nitrogen and oxygen atoms in total. The number of cyclic esters (lactones) is 1. The Hall–Kier alpha value is -3.11. The van der Waals surface area contributed by atoms with Crippen LogP contribution in [0.2, 0.25) is 0 Å². The molecule has 4 atom stereocenters. The number of benzene rings is 1. The smallest absolute Gasteiger partial charge is 0.414 e. The summed E-state index contributed by atoms with van der Waals surface area (Å²) in [4.78, 5) is 31.6. The maximum absolute atomic E-state index is 13.5. The van der Waals surface area contributed by atoms with E-state index >= 15 is 0 Å². The van der Waals surface area contributed by atoms with Gasteiger partial charge in [0.05, 0.1) is 19.1 Å². The molecule has 2 unspecified atom stereocenters. The summed E-state index contributed by atoms with van der Waals surface area (Å²) in [5, 5.41) is 10.3. The van der Waals surface area contributed by atoms with E-state index in [4.69, 9.17) is 4.74 Å². The number of nitrogens with zero attached hydrogens (tertiary/aromatic N) is 2. The van der Waals surface area contributed by atoms with Gasteiger partial charge in [-0.25, -0.2) is 4.79 Å². The third kappa shape index (κ3) is 4.60. The van der Waals surface area contributed by atoms with Crippen molar-refractivity contribution < 1.29 is 27.8 Å². The Kier molecular flexibility index (Phi) is 6.18. The highest BCUT2D eigenvalue weighted by Gasteiger charge is 2.43. The summed E-state index contributed by atoms with van der Waals surface area (Å²) in [5.74, 6) is -2.75. The third-order valence-corrected chi connectivity index (χ3v) is 7.06. The van der Waals surface area contributed by atoms with Crippen molar-refractivity contribution in [3.63, 3.8) is 0 Å². The summed E-state index contributed by atoms with van der Waals surface area (Å²) >= 11 is 0. The van der Waals surface area contributed by atoms with Gasteiger partial charge in [-0.1, -0.05) is 30.4 Å². The molecule has 186 valence electrons. The number of hydrogen-bond acceptors (Lipinski definition) is 5. The molecule has 0 bridgehead atoms. The molecule has 0 saturated carbocycles. The van der Waals surface area contributed by atoms with Gasteiger partial charge in [0.25, 0.3) is 5.56 Å². The molecule has 35 heavy (non-hydrogen) atoms. The van der Waals surface area contributed by atoms with Crippen molar-refractivity contribution in [1.29, 1.82) is 0 Å². The van der Waals surface area contributed by atoms with Crippen LogP contribution < -0.4 is 10.5 Å². The minimum absolute atomic E-state index is 0.0659. The molecule has 1 aromatic heterocycles. The van der Waals surface area contributed by atoms with Crippen molar-refractivity contribution in [3.05, 3.63) is 64.6 Å². The van der Waals surface area contributed by atoms with Crippen molar-refractivity contribution in [2.75, 3.05) is 31.1 Å². The number of carbonyl (C=O) groups excluding carboxylic acids is 1. The molecule has 3 heterocycles. The largest absolute Gasteiger partial charge is 0.443 e. The van der Waals surface area contributed by atoms with Gasteiger partial charge in [-0.05, 0) is 43.0 Å². The normalized spacial score (nSPS) is 27.2. The zero-order valence-corrected chi connectivity index (χ0v) is 18.9. The van der Waals surface area contributed by atoms with Gasteiger partial charge in [-0.3, -0.25) is 14.6 Å². The Labute approximate surface area is 199 Å². The lowest BCUT2D eigenvalue weighted by Gasteiger charge is -2.26. The lowest BCUT2D eigenvalue weighted by atomic mass is 9.84. The van der Waals surface area contributed by atoms with E-state index in [-0.39, 0.29) is 29.8 Å². The predicted molar refractivity (Wildman–Crippen MR) is 124 cm³/mol. The molecule has 1 aromatic carbocycles. The minimum Gasteiger partial charge on any atom is -0.443 e. The molecule has 1 amide bonds. The Morgan fingerprint density at radius 3 is 2.71 bits per heavy atom. The lowest BCUT2D eigenvalue weighted by molar-refractivity contribution is -0.164. The van der Waals surface area contributed by atoms with E-state index in [9.17, 15) is 27.9 Å². The molecule has 2 fully saturated rings. The molecule has 10 heteroatoms. The topological polar surface area (TPSA) is 85.9 Å². The van der Waals surface area contributed by atoms with Crippen LogP contribution in [0.3, 0.4) is 0 Å². The number of hydrogen-bond donors (Lipinski definition) is 2. The van der Waals surface area contributed by atoms with Gasteiger partial charge < -0.3 is 14.8 Å². The molecular weight excluding hydrogens is 463 g/mol. The Balaban J connectivity index is 1.38. The number of aromatic amines is 1. The zero-order valence-electron chi connectivity index (χ0n) is 18.9. The monoisotopic (exact) mass is 489 g/mol. The van der Waals surface area contributed by atoms with E-state index in [0.29, 0.717) is 24.2 Å². The molecule has 3 aliphatic rings. The van der Waals surface area contributed by atoms with Gasteiger partial charge in [0.15, 0.2) is 0 Å². The molecule has 0 spiro atoms. The van der Waals surface area contributed by atoms with Crippen LogP contribution in [0.25, 0.3) is 10.8 Å². The van der Waals surface area contributed by atoms with Gasteiger partial charge in [0.2, 0.25) is 0 Å². The number of carbonyl (C=O) groups is 1. The molecule has 5 rings (SSSR count). The predicted octanol–water partition coefficient (Wildman–Crippen LogP) is 3.70. The van der Waals surface area contributed by atoms with Gasteiger partial charge in [-0.2, -0.15) is 13.2 Å². The van der Waals surface area contributed by atoms with Gasteiger partial charge >= 0.3 is 12.3 Å². The van der Waals surface area contributed by atoms with E-state index in [1.807, 2.05) is 0 Å². The molecule has 2 N–H and O–H groups in total. The number of allylic oxidation sites excluding steroid dienone is 4. The highest BCUT2D eigenvalue weighted by molar-refractivity contribution is 5.94. The van der Waals surface area contributed by atoms with Crippen molar-refractivity contribution >= 4 is 22.6 Å². The summed E-state index contributed by atoms with van der Waals surface area (Å²) in [5.41, 5.74) is 0.148. The third-order valence-electron chi connectivity index (χ3n) is 7.06. The van der Waals surface area contributed by atoms with Crippen LogP contribution in [0.5, 0.6) is 0 Å². The van der Waals surface area contributed by atoms with E-state index in [0.717, 1.165) is 25.5 Å². The van der Waals surface area contributed by atoms with Crippen molar-refractivity contribution in [1.82, 2.24) is 9.88 Å². The Bertz CT molecular complexity index is 1240. The number of fused-ring (bicyclic) bond motifs is 1. The number of aliphatic hydroxyl groups excluding tert-OH is 1. The van der Waals surface area contributed by atoms with Crippen molar-refractivity contribution in [2.24, 2.45) is 5.92 Å². The number of pyridine rings is 1. The number of aromatic nitrogens is 1. The number of aliphatic hydroxyl groups is 1. The highest BCUT2D eigenvalue weighted by Crippen LogP contribution is 2.41. The van der Waals surface area contributed by atoms with E-state index in [2.05, 4.69) is 9.88 Å². The van der Waals surface area contributed by atoms with Crippen LogP contribution in [0.15, 0.2) is 53.4 Å². The van der Waals surface area contributed by atoms with E-state index in [1.165, 1.54) is 17.1 Å². The minimum atomic E-state index is -4.44. The summed E-state index contributed by atoms with van der Waals surface area (Å²) in [6.45, 7) is 1.74. The number of amides is 1. The second-order valence-electron chi connectivity index (χ2n) is 9.28. The number of likely N-dealkylation sites (tertiary alicyclic amines) is 1. The molecule has 2 aliphatic heterocycles. The first-order chi connectivity index (χ1) is 16.7. The number of halogens is 3. The van der Waals surface area contributed by atoms with E-state index < -0.39 is 29.7 Å². The molecular formula is C25H26F3N3O4. The first kappa shape index (κ1) is 23.6. The maximum Gasteiger partial charge on any atom is 0.414 e. The first-order valence-electron chi connectivity index (χ1n) is 11.7. The number of nitrogens with one attached hydrogen (secondary N) is 1. The number of anilines is 1. The fourth-order valence-electron chi connectivity index (χ4n) is 5.26. The lowest BCUT2D eigenvalue weighted by Crippen LogP contribution is -2.39.